The number of aromatic hydroxyl groups is 1. The summed E-state index contributed by atoms with van der Waals surface area (Å²) in [5.74, 6) is 0.740. The molecule has 0 radical (unpaired) electrons. The van der Waals surface area contributed by atoms with E-state index in [9.17, 15) is 9.90 Å². The second-order valence-corrected chi connectivity index (χ2v) is 6.74. The summed E-state index contributed by atoms with van der Waals surface area (Å²) in [5, 5.41) is 16.7. The van der Waals surface area contributed by atoms with Gasteiger partial charge in [0.05, 0.1) is 11.9 Å². The number of aromatic nitrogens is 1. The number of nitrogens with one attached hydrogen (secondary N) is 2. The lowest BCUT2D eigenvalue weighted by Crippen LogP contribution is -2.12. The number of carbonyl (C=O) groups excluding carboxylic acids is 1. The van der Waals surface area contributed by atoms with Crippen LogP contribution in [0.2, 0.25) is 0 Å². The molecule has 0 atom stereocenters. The van der Waals surface area contributed by atoms with Crippen LogP contribution in [-0.4, -0.2) is 22.5 Å². The number of carbonyl (C=O) groups is 1. The summed E-state index contributed by atoms with van der Waals surface area (Å²) in [6, 6.07) is 3.42. The molecule has 3 N–H and O–H groups in total. The average molecular weight is 317 g/mol. The molecule has 0 aliphatic heterocycles. The molecule has 5 nitrogen and oxygen atoms in total. The Morgan fingerprint density at radius 2 is 2.18 bits per heavy atom. The van der Waals surface area contributed by atoms with Crippen LogP contribution in [0.1, 0.15) is 33.6 Å². The minimum absolute atomic E-state index is 0.178. The first-order valence-electron chi connectivity index (χ1n) is 7.35. The van der Waals surface area contributed by atoms with Crippen molar-refractivity contribution in [2.75, 3.05) is 17.2 Å². The van der Waals surface area contributed by atoms with Gasteiger partial charge in [-0.2, -0.15) is 0 Å². The molecule has 0 bridgehead atoms. The Hall–Kier alpha value is -2.08. The quantitative estimate of drug-likeness (QED) is 0.788. The molecule has 116 valence electrons. The van der Waals surface area contributed by atoms with E-state index in [4.69, 9.17) is 0 Å². The fourth-order valence-electron chi connectivity index (χ4n) is 2.22. The number of phenols is 1. The van der Waals surface area contributed by atoms with E-state index in [0.717, 1.165) is 23.2 Å². The molecule has 0 saturated heterocycles. The van der Waals surface area contributed by atoms with Gasteiger partial charge in [0.15, 0.2) is 5.13 Å². The number of benzene rings is 1. The number of amides is 1. The van der Waals surface area contributed by atoms with Crippen molar-refractivity contribution >= 4 is 28.1 Å². The van der Waals surface area contributed by atoms with E-state index >= 15 is 0 Å². The Labute approximate surface area is 133 Å². The highest BCUT2D eigenvalue weighted by atomic mass is 32.1. The number of aryl methyl sites for hydroxylation is 1. The van der Waals surface area contributed by atoms with Crippen molar-refractivity contribution in [3.63, 3.8) is 0 Å². The van der Waals surface area contributed by atoms with Crippen LogP contribution in [0.25, 0.3) is 0 Å². The first-order chi connectivity index (χ1) is 10.5. The minimum Gasteiger partial charge on any atom is -0.508 e. The van der Waals surface area contributed by atoms with Gasteiger partial charge in [-0.05, 0) is 44.2 Å². The van der Waals surface area contributed by atoms with Gasteiger partial charge in [-0.15, -0.1) is 0 Å². The number of hydrogen-bond donors (Lipinski definition) is 3. The molecule has 1 saturated carbocycles. The first kappa shape index (κ1) is 14.8. The smallest absolute Gasteiger partial charge is 0.267 e. The lowest BCUT2D eigenvalue weighted by molar-refractivity contribution is 0.103. The molecule has 1 fully saturated rings. The Kier molecular flexibility index (Phi) is 4.02. The van der Waals surface area contributed by atoms with E-state index in [2.05, 4.69) is 15.6 Å². The molecular formula is C16H19N3O2S. The van der Waals surface area contributed by atoms with Crippen molar-refractivity contribution in [1.82, 2.24) is 4.98 Å². The summed E-state index contributed by atoms with van der Waals surface area (Å²) in [4.78, 5) is 17.1. The lowest BCUT2D eigenvalue weighted by Gasteiger charge is -2.11. The SMILES string of the molecule is Cc1ccc(O)c(C)c1NC(=O)c1cnc(NCC2CC2)s1. The third-order valence-electron chi connectivity index (χ3n) is 3.85. The van der Waals surface area contributed by atoms with Crippen LogP contribution in [0.4, 0.5) is 10.8 Å². The van der Waals surface area contributed by atoms with Crippen LogP contribution in [0, 0.1) is 19.8 Å². The fourth-order valence-corrected chi connectivity index (χ4v) is 2.94. The van der Waals surface area contributed by atoms with Gasteiger partial charge in [-0.1, -0.05) is 17.4 Å². The van der Waals surface area contributed by atoms with Gasteiger partial charge < -0.3 is 15.7 Å². The van der Waals surface area contributed by atoms with Crippen LogP contribution in [0.5, 0.6) is 5.75 Å². The molecule has 1 amide bonds. The average Bonchev–Trinajstić information content (AvgIpc) is 3.21. The number of nitrogens with zero attached hydrogens (tertiary/aromatic N) is 1. The first-order valence-corrected chi connectivity index (χ1v) is 8.16. The second-order valence-electron chi connectivity index (χ2n) is 5.71. The van der Waals surface area contributed by atoms with Gasteiger partial charge in [-0.3, -0.25) is 4.79 Å². The van der Waals surface area contributed by atoms with Crippen molar-refractivity contribution in [2.24, 2.45) is 5.92 Å². The van der Waals surface area contributed by atoms with Crippen molar-refractivity contribution in [3.8, 4) is 5.75 Å². The third-order valence-corrected chi connectivity index (χ3v) is 4.81. The number of anilines is 2. The van der Waals surface area contributed by atoms with Crippen LogP contribution in [0.15, 0.2) is 18.3 Å². The topological polar surface area (TPSA) is 74.2 Å². The molecule has 1 aliphatic carbocycles. The Morgan fingerprint density at radius 1 is 1.41 bits per heavy atom. The fraction of sp³-hybridized carbons (Fsp3) is 0.375. The van der Waals surface area contributed by atoms with Crippen LogP contribution < -0.4 is 10.6 Å². The summed E-state index contributed by atoms with van der Waals surface area (Å²) in [6.07, 6.45) is 4.15. The van der Waals surface area contributed by atoms with Crippen molar-refractivity contribution in [1.29, 1.82) is 0 Å². The van der Waals surface area contributed by atoms with E-state index in [0.29, 0.717) is 16.1 Å². The summed E-state index contributed by atoms with van der Waals surface area (Å²) in [7, 11) is 0. The predicted octanol–water partition coefficient (Wildman–Crippen LogP) is 3.54. The van der Waals surface area contributed by atoms with Crippen molar-refractivity contribution in [2.45, 2.75) is 26.7 Å². The molecule has 6 heteroatoms. The number of thiazole rings is 1. The second kappa shape index (κ2) is 5.96. The van der Waals surface area contributed by atoms with Crippen molar-refractivity contribution in [3.05, 3.63) is 34.3 Å². The third kappa shape index (κ3) is 3.22. The Bertz CT molecular complexity index is 707. The Balaban J connectivity index is 1.70. The zero-order valence-corrected chi connectivity index (χ0v) is 13.5. The van der Waals surface area contributed by atoms with Gasteiger partial charge in [0.1, 0.15) is 10.6 Å². The number of rotatable bonds is 5. The molecule has 2 aromatic rings. The molecule has 1 aromatic carbocycles. The van der Waals surface area contributed by atoms with E-state index in [1.165, 1.54) is 24.2 Å². The molecule has 0 spiro atoms. The Morgan fingerprint density at radius 3 is 2.91 bits per heavy atom. The zero-order chi connectivity index (χ0) is 15.7. The molecule has 1 aliphatic rings. The molecule has 1 heterocycles. The van der Waals surface area contributed by atoms with Gasteiger partial charge >= 0.3 is 0 Å². The zero-order valence-electron chi connectivity index (χ0n) is 12.6. The highest BCUT2D eigenvalue weighted by Crippen LogP contribution is 2.31. The van der Waals surface area contributed by atoms with E-state index in [-0.39, 0.29) is 11.7 Å². The van der Waals surface area contributed by atoms with Crippen molar-refractivity contribution < 1.29 is 9.90 Å². The molecule has 3 rings (SSSR count). The maximum atomic E-state index is 12.3. The molecule has 22 heavy (non-hydrogen) atoms. The summed E-state index contributed by atoms with van der Waals surface area (Å²) >= 11 is 1.35. The number of phenolic OH excluding ortho intramolecular Hbond substituents is 1. The summed E-state index contributed by atoms with van der Waals surface area (Å²) in [5.41, 5.74) is 2.25. The maximum absolute atomic E-state index is 12.3. The summed E-state index contributed by atoms with van der Waals surface area (Å²) in [6.45, 7) is 4.62. The highest BCUT2D eigenvalue weighted by Gasteiger charge is 2.21. The predicted molar refractivity (Wildman–Crippen MR) is 88.9 cm³/mol. The van der Waals surface area contributed by atoms with Crippen LogP contribution >= 0.6 is 11.3 Å². The van der Waals surface area contributed by atoms with Gasteiger partial charge in [0, 0.05) is 12.1 Å². The number of hydrogen-bond acceptors (Lipinski definition) is 5. The van der Waals surface area contributed by atoms with Gasteiger partial charge in [0.2, 0.25) is 0 Å². The normalized spacial score (nSPS) is 13.9. The van der Waals surface area contributed by atoms with Crippen LogP contribution in [-0.2, 0) is 0 Å². The molecular weight excluding hydrogens is 298 g/mol. The van der Waals surface area contributed by atoms with Crippen LogP contribution in [0.3, 0.4) is 0 Å². The molecule has 0 unspecified atom stereocenters. The van der Waals surface area contributed by atoms with E-state index in [1.54, 1.807) is 25.3 Å². The highest BCUT2D eigenvalue weighted by molar-refractivity contribution is 7.17. The minimum atomic E-state index is -0.200. The van der Waals surface area contributed by atoms with E-state index in [1.807, 2.05) is 6.92 Å². The van der Waals surface area contributed by atoms with E-state index < -0.39 is 0 Å². The van der Waals surface area contributed by atoms with Gasteiger partial charge in [-0.25, -0.2) is 4.98 Å². The summed E-state index contributed by atoms with van der Waals surface area (Å²) < 4.78 is 0. The lowest BCUT2D eigenvalue weighted by atomic mass is 10.1. The maximum Gasteiger partial charge on any atom is 0.267 e. The largest absolute Gasteiger partial charge is 0.508 e. The standard InChI is InChI=1S/C16H19N3O2S/c1-9-3-6-12(20)10(2)14(9)19-15(21)13-8-18-16(22-13)17-7-11-4-5-11/h3,6,8,11,20H,4-5,7H2,1-2H3,(H,17,18)(H,19,21). The van der Waals surface area contributed by atoms with Gasteiger partial charge in [0.25, 0.3) is 5.91 Å². The molecule has 1 aromatic heterocycles. The monoisotopic (exact) mass is 317 g/mol.